The van der Waals surface area contributed by atoms with Gasteiger partial charge in [-0.1, -0.05) is 23.8 Å². The highest BCUT2D eigenvalue weighted by molar-refractivity contribution is 7.89. The average molecular weight is 415 g/mol. The summed E-state index contributed by atoms with van der Waals surface area (Å²) >= 11 is 0. The van der Waals surface area contributed by atoms with E-state index in [4.69, 9.17) is 4.74 Å². The molecule has 0 aliphatic heterocycles. The summed E-state index contributed by atoms with van der Waals surface area (Å²) in [5.74, 6) is -0.772. The minimum Gasteiger partial charge on any atom is -0.458 e. The Bertz CT molecular complexity index is 1220. The number of aromatic nitrogens is 2. The zero-order chi connectivity index (χ0) is 21.2. The van der Waals surface area contributed by atoms with E-state index in [1.807, 2.05) is 19.9 Å². The Balaban J connectivity index is 1.67. The Morgan fingerprint density at radius 1 is 1.14 bits per heavy atom. The molecule has 3 rings (SSSR count). The first-order valence-electron chi connectivity index (χ1n) is 8.90. The van der Waals surface area contributed by atoms with Gasteiger partial charge in [-0.15, -0.1) is 0 Å². The van der Waals surface area contributed by atoms with Crippen molar-refractivity contribution in [2.75, 3.05) is 0 Å². The van der Waals surface area contributed by atoms with E-state index in [9.17, 15) is 18.0 Å². The molecule has 2 heterocycles. The Morgan fingerprint density at radius 3 is 2.48 bits per heavy atom. The quantitative estimate of drug-likeness (QED) is 0.615. The van der Waals surface area contributed by atoms with Crippen LogP contribution in [0.1, 0.15) is 23.7 Å². The first kappa shape index (κ1) is 20.7. The van der Waals surface area contributed by atoms with Gasteiger partial charge in [0.25, 0.3) is 5.56 Å². The standard InChI is InChI=1S/C20H21N3O5S/c1-13-4-7-17(8-5-13)29(26,27)22-15(3)20(25)28-12-16-10-19(24)23-11-14(2)6-9-18(23)21-16/h4-11,15,22H,12H2,1-3H3/t15-/m0/s1. The molecule has 0 fully saturated rings. The lowest BCUT2D eigenvalue weighted by atomic mass is 10.2. The summed E-state index contributed by atoms with van der Waals surface area (Å²) in [6.07, 6.45) is 1.67. The van der Waals surface area contributed by atoms with Gasteiger partial charge in [0.15, 0.2) is 0 Å². The van der Waals surface area contributed by atoms with Crippen molar-refractivity contribution >= 4 is 21.6 Å². The number of esters is 1. The Morgan fingerprint density at radius 2 is 1.79 bits per heavy atom. The van der Waals surface area contributed by atoms with Crippen LogP contribution in [0.25, 0.3) is 5.65 Å². The van der Waals surface area contributed by atoms with Crippen molar-refractivity contribution in [1.82, 2.24) is 14.1 Å². The van der Waals surface area contributed by atoms with Crippen LogP contribution in [0.2, 0.25) is 0 Å². The van der Waals surface area contributed by atoms with E-state index in [0.29, 0.717) is 5.65 Å². The lowest BCUT2D eigenvalue weighted by molar-refractivity contribution is -0.146. The van der Waals surface area contributed by atoms with Crippen molar-refractivity contribution in [3.8, 4) is 0 Å². The first-order chi connectivity index (χ1) is 13.7. The third-order valence-corrected chi connectivity index (χ3v) is 5.80. The van der Waals surface area contributed by atoms with Gasteiger partial charge in [-0.3, -0.25) is 14.0 Å². The third kappa shape index (κ3) is 4.87. The molecule has 29 heavy (non-hydrogen) atoms. The minimum absolute atomic E-state index is 0.0576. The fourth-order valence-electron chi connectivity index (χ4n) is 2.67. The lowest BCUT2D eigenvalue weighted by Gasteiger charge is -2.14. The molecule has 2 aromatic heterocycles. The van der Waals surface area contributed by atoms with Crippen LogP contribution in [0, 0.1) is 13.8 Å². The number of nitrogens with one attached hydrogen (secondary N) is 1. The SMILES string of the molecule is Cc1ccc(S(=O)(=O)N[C@@H](C)C(=O)OCc2cc(=O)n3cc(C)ccc3n2)cc1. The zero-order valence-electron chi connectivity index (χ0n) is 16.2. The number of hydrogen-bond donors (Lipinski definition) is 1. The fraction of sp³-hybridized carbons (Fsp3) is 0.250. The summed E-state index contributed by atoms with van der Waals surface area (Å²) in [7, 11) is -3.86. The molecule has 1 atom stereocenters. The van der Waals surface area contributed by atoms with Crippen molar-refractivity contribution < 1.29 is 17.9 Å². The van der Waals surface area contributed by atoms with E-state index in [0.717, 1.165) is 11.1 Å². The van der Waals surface area contributed by atoms with E-state index in [1.54, 1.807) is 24.4 Å². The number of rotatable bonds is 6. The summed E-state index contributed by atoms with van der Waals surface area (Å²) in [5.41, 5.74) is 2.25. The van der Waals surface area contributed by atoms with Crippen LogP contribution in [0.3, 0.4) is 0 Å². The minimum atomic E-state index is -3.86. The molecule has 0 aliphatic rings. The van der Waals surface area contributed by atoms with Gasteiger partial charge in [-0.25, -0.2) is 13.4 Å². The molecule has 0 unspecified atom stereocenters. The molecule has 0 radical (unpaired) electrons. The number of pyridine rings is 1. The smallest absolute Gasteiger partial charge is 0.324 e. The molecule has 0 saturated carbocycles. The van der Waals surface area contributed by atoms with Crippen LogP contribution < -0.4 is 10.3 Å². The maximum Gasteiger partial charge on any atom is 0.324 e. The van der Waals surface area contributed by atoms with E-state index < -0.39 is 22.0 Å². The molecule has 1 N–H and O–H groups in total. The number of benzene rings is 1. The summed E-state index contributed by atoms with van der Waals surface area (Å²) in [6, 6.07) is 9.95. The fourth-order valence-corrected chi connectivity index (χ4v) is 3.86. The first-order valence-corrected chi connectivity index (χ1v) is 10.4. The van der Waals surface area contributed by atoms with Crippen LogP contribution in [0.4, 0.5) is 0 Å². The highest BCUT2D eigenvalue weighted by Gasteiger charge is 2.23. The summed E-state index contributed by atoms with van der Waals surface area (Å²) in [5, 5.41) is 0. The molecule has 9 heteroatoms. The molecule has 152 valence electrons. The Labute approximate surface area is 168 Å². The van der Waals surface area contributed by atoms with Crippen molar-refractivity contribution in [1.29, 1.82) is 0 Å². The lowest BCUT2D eigenvalue weighted by Crippen LogP contribution is -2.39. The van der Waals surface area contributed by atoms with Gasteiger partial charge < -0.3 is 4.74 Å². The number of carbonyl (C=O) groups excluding carboxylic acids is 1. The summed E-state index contributed by atoms with van der Waals surface area (Å²) in [6.45, 7) is 4.85. The van der Waals surface area contributed by atoms with Crippen molar-refractivity contribution in [3.63, 3.8) is 0 Å². The van der Waals surface area contributed by atoms with Gasteiger partial charge in [0.2, 0.25) is 10.0 Å². The topological polar surface area (TPSA) is 107 Å². The second-order valence-corrected chi connectivity index (χ2v) is 8.50. The number of hydrogen-bond acceptors (Lipinski definition) is 6. The molecule has 8 nitrogen and oxygen atoms in total. The molecular formula is C20H21N3O5S. The number of fused-ring (bicyclic) bond motifs is 1. The number of ether oxygens (including phenoxy) is 1. The van der Waals surface area contributed by atoms with E-state index >= 15 is 0 Å². The highest BCUT2D eigenvalue weighted by atomic mass is 32.2. The van der Waals surface area contributed by atoms with Gasteiger partial charge in [0, 0.05) is 12.3 Å². The molecule has 0 aliphatic carbocycles. The Hall–Kier alpha value is -3.04. The van der Waals surface area contributed by atoms with E-state index in [-0.39, 0.29) is 22.8 Å². The second kappa shape index (κ2) is 8.14. The maximum absolute atomic E-state index is 12.4. The zero-order valence-corrected chi connectivity index (χ0v) is 17.1. The van der Waals surface area contributed by atoms with Crippen molar-refractivity contribution in [2.24, 2.45) is 0 Å². The molecule has 0 saturated heterocycles. The van der Waals surface area contributed by atoms with Crippen LogP contribution in [0.5, 0.6) is 0 Å². The van der Waals surface area contributed by atoms with Gasteiger partial charge in [0.1, 0.15) is 18.3 Å². The molecule has 3 aromatic rings. The number of carbonyl (C=O) groups is 1. The summed E-state index contributed by atoms with van der Waals surface area (Å²) < 4.78 is 33.6. The third-order valence-electron chi connectivity index (χ3n) is 4.24. The highest BCUT2D eigenvalue weighted by Crippen LogP contribution is 2.11. The number of sulfonamides is 1. The average Bonchev–Trinajstić information content (AvgIpc) is 2.66. The maximum atomic E-state index is 12.4. The largest absolute Gasteiger partial charge is 0.458 e. The molecule has 1 aromatic carbocycles. The van der Waals surface area contributed by atoms with Gasteiger partial charge in [0.05, 0.1) is 10.6 Å². The second-order valence-electron chi connectivity index (χ2n) is 6.78. The van der Waals surface area contributed by atoms with Crippen LogP contribution >= 0.6 is 0 Å². The van der Waals surface area contributed by atoms with Crippen LogP contribution in [0.15, 0.2) is 58.4 Å². The van der Waals surface area contributed by atoms with Crippen molar-refractivity contribution in [2.45, 2.75) is 38.3 Å². The molecule has 0 bridgehead atoms. The normalized spacial score (nSPS) is 12.7. The molecule has 0 spiro atoms. The molecular weight excluding hydrogens is 394 g/mol. The predicted octanol–water partition coefficient (Wildman–Crippen LogP) is 1.72. The van der Waals surface area contributed by atoms with Crippen LogP contribution in [-0.2, 0) is 26.2 Å². The monoisotopic (exact) mass is 415 g/mol. The van der Waals surface area contributed by atoms with E-state index in [2.05, 4.69) is 9.71 Å². The van der Waals surface area contributed by atoms with Crippen LogP contribution in [-0.4, -0.2) is 29.8 Å². The number of nitrogens with zero attached hydrogens (tertiary/aromatic N) is 2. The van der Waals surface area contributed by atoms with Gasteiger partial charge >= 0.3 is 5.97 Å². The summed E-state index contributed by atoms with van der Waals surface area (Å²) in [4.78, 5) is 28.7. The van der Waals surface area contributed by atoms with Crippen molar-refractivity contribution in [3.05, 3.63) is 75.8 Å². The number of aryl methyl sites for hydroxylation is 2. The molecule has 0 amide bonds. The van der Waals surface area contributed by atoms with E-state index in [1.165, 1.54) is 29.5 Å². The van der Waals surface area contributed by atoms with Gasteiger partial charge in [-0.05, 0) is 44.5 Å². The van der Waals surface area contributed by atoms with Gasteiger partial charge in [-0.2, -0.15) is 4.72 Å². The predicted molar refractivity (Wildman–Crippen MR) is 107 cm³/mol. The Kier molecular flexibility index (Phi) is 5.81.